The predicted octanol–water partition coefficient (Wildman–Crippen LogP) is 3.54. The van der Waals surface area contributed by atoms with E-state index in [0.717, 1.165) is 12.1 Å². The normalized spacial score (nSPS) is 22.4. The Morgan fingerprint density at radius 1 is 1.50 bits per heavy atom. The van der Waals surface area contributed by atoms with Crippen LogP contribution in [0.2, 0.25) is 0 Å². The van der Waals surface area contributed by atoms with E-state index in [9.17, 15) is 0 Å². The summed E-state index contributed by atoms with van der Waals surface area (Å²) in [5, 5.41) is 8.98. The van der Waals surface area contributed by atoms with Gasteiger partial charge in [0.2, 0.25) is 0 Å². The second kappa shape index (κ2) is 6.02. The Balaban J connectivity index is 2.10. The first-order valence-corrected chi connectivity index (χ1v) is 6.98. The fourth-order valence-electron chi connectivity index (χ4n) is 2.80. The highest BCUT2D eigenvalue weighted by Gasteiger charge is 2.23. The Morgan fingerprint density at radius 2 is 2.33 bits per heavy atom. The molecule has 0 amide bonds. The van der Waals surface area contributed by atoms with Crippen molar-refractivity contribution < 1.29 is 0 Å². The minimum Gasteiger partial charge on any atom is -0.300 e. The van der Waals surface area contributed by atoms with Crippen LogP contribution in [0.5, 0.6) is 0 Å². The summed E-state index contributed by atoms with van der Waals surface area (Å²) in [7, 11) is 0. The van der Waals surface area contributed by atoms with Gasteiger partial charge in [0, 0.05) is 12.6 Å². The van der Waals surface area contributed by atoms with Gasteiger partial charge in [-0.25, -0.2) is 0 Å². The number of likely N-dealkylation sites (tertiary alicyclic amines) is 1. The maximum absolute atomic E-state index is 8.98. The van der Waals surface area contributed by atoms with Gasteiger partial charge >= 0.3 is 0 Å². The predicted molar refractivity (Wildman–Crippen MR) is 74.5 cm³/mol. The lowest BCUT2D eigenvalue weighted by atomic mass is 9.89. The lowest BCUT2D eigenvalue weighted by molar-refractivity contribution is 0.154. The summed E-state index contributed by atoms with van der Waals surface area (Å²) < 4.78 is 0. The summed E-state index contributed by atoms with van der Waals surface area (Å²) in [4.78, 5) is 2.59. The van der Waals surface area contributed by atoms with Gasteiger partial charge in [0.05, 0.1) is 11.6 Å². The zero-order chi connectivity index (χ0) is 13.0. The molecule has 2 rings (SSSR count). The highest BCUT2D eigenvalue weighted by molar-refractivity contribution is 5.34. The van der Waals surface area contributed by atoms with Crippen molar-refractivity contribution in [3.63, 3.8) is 0 Å². The van der Waals surface area contributed by atoms with Crippen LogP contribution in [-0.4, -0.2) is 24.0 Å². The zero-order valence-electron chi connectivity index (χ0n) is 11.4. The first-order chi connectivity index (χ1) is 8.74. The van der Waals surface area contributed by atoms with Gasteiger partial charge in [-0.15, -0.1) is 0 Å². The molecule has 0 aliphatic carbocycles. The molecule has 0 unspecified atom stereocenters. The molecule has 1 aromatic carbocycles. The Labute approximate surface area is 110 Å². The van der Waals surface area contributed by atoms with Crippen molar-refractivity contribution >= 4 is 0 Å². The maximum Gasteiger partial charge on any atom is 0.0991 e. The molecule has 0 spiro atoms. The molecule has 1 aliphatic rings. The third-order valence-corrected chi connectivity index (χ3v) is 4.15. The lowest BCUT2D eigenvalue weighted by Crippen LogP contribution is -2.40. The summed E-state index contributed by atoms with van der Waals surface area (Å²) in [6.07, 6.45) is 3.73. The van der Waals surface area contributed by atoms with E-state index >= 15 is 0 Å². The van der Waals surface area contributed by atoms with Crippen molar-refractivity contribution in [3.8, 4) is 6.07 Å². The summed E-state index contributed by atoms with van der Waals surface area (Å²) in [5.41, 5.74) is 2.12. The van der Waals surface area contributed by atoms with E-state index in [4.69, 9.17) is 5.26 Å². The third-order valence-electron chi connectivity index (χ3n) is 4.15. The van der Waals surface area contributed by atoms with Crippen molar-refractivity contribution in [1.29, 1.82) is 5.26 Å². The SMILES string of the molecule is CC[C@H](C)N1CCC[C@@H](c2cccc(C#N)c2)C1. The van der Waals surface area contributed by atoms with E-state index < -0.39 is 0 Å². The van der Waals surface area contributed by atoms with Crippen LogP contribution in [0.1, 0.15) is 50.2 Å². The summed E-state index contributed by atoms with van der Waals surface area (Å²) in [5.74, 6) is 0.598. The van der Waals surface area contributed by atoms with Crippen molar-refractivity contribution in [2.45, 2.75) is 45.1 Å². The molecule has 1 saturated heterocycles. The molecule has 2 nitrogen and oxygen atoms in total. The molecule has 1 aliphatic heterocycles. The molecule has 0 saturated carbocycles. The molecular formula is C16H22N2. The average molecular weight is 242 g/mol. The molecule has 0 bridgehead atoms. The molecule has 18 heavy (non-hydrogen) atoms. The molecule has 2 heteroatoms. The smallest absolute Gasteiger partial charge is 0.0991 e. The van der Waals surface area contributed by atoms with Crippen LogP contribution in [0.25, 0.3) is 0 Å². The monoisotopic (exact) mass is 242 g/mol. The van der Waals surface area contributed by atoms with Gasteiger partial charge < -0.3 is 4.90 Å². The highest BCUT2D eigenvalue weighted by atomic mass is 15.2. The highest BCUT2D eigenvalue weighted by Crippen LogP contribution is 2.28. The Morgan fingerprint density at radius 3 is 3.06 bits per heavy atom. The Bertz CT molecular complexity index is 433. The van der Waals surface area contributed by atoms with E-state index in [1.807, 2.05) is 12.1 Å². The zero-order valence-corrected chi connectivity index (χ0v) is 11.4. The third kappa shape index (κ3) is 2.91. The molecule has 0 radical (unpaired) electrons. The van der Waals surface area contributed by atoms with Crippen LogP contribution < -0.4 is 0 Å². The number of rotatable bonds is 3. The maximum atomic E-state index is 8.98. The largest absolute Gasteiger partial charge is 0.300 e. The average Bonchev–Trinajstić information content (AvgIpc) is 2.46. The van der Waals surface area contributed by atoms with Gasteiger partial charge in [-0.1, -0.05) is 19.1 Å². The second-order valence-corrected chi connectivity index (χ2v) is 5.33. The van der Waals surface area contributed by atoms with Gasteiger partial charge in [0.15, 0.2) is 0 Å². The van der Waals surface area contributed by atoms with Crippen LogP contribution in [0.4, 0.5) is 0 Å². The molecule has 1 fully saturated rings. The molecule has 1 heterocycles. The van der Waals surface area contributed by atoms with Gasteiger partial charge in [0.1, 0.15) is 0 Å². The summed E-state index contributed by atoms with van der Waals surface area (Å²) >= 11 is 0. The topological polar surface area (TPSA) is 27.0 Å². The van der Waals surface area contributed by atoms with Gasteiger partial charge in [0.25, 0.3) is 0 Å². The van der Waals surface area contributed by atoms with Crippen molar-refractivity contribution in [3.05, 3.63) is 35.4 Å². The van der Waals surface area contributed by atoms with Crippen molar-refractivity contribution in [1.82, 2.24) is 4.90 Å². The molecule has 0 aromatic heterocycles. The van der Waals surface area contributed by atoms with Crippen LogP contribution in [0.3, 0.4) is 0 Å². The second-order valence-electron chi connectivity index (χ2n) is 5.33. The molecule has 1 aromatic rings. The standard InChI is InChI=1S/C16H22N2/c1-3-13(2)18-9-5-8-16(12-18)15-7-4-6-14(10-15)11-17/h4,6-7,10,13,16H,3,5,8-9,12H2,1-2H3/t13-,16+/m0/s1. The first-order valence-electron chi connectivity index (χ1n) is 6.98. The minimum absolute atomic E-state index is 0.598. The fourth-order valence-corrected chi connectivity index (χ4v) is 2.80. The van der Waals surface area contributed by atoms with Gasteiger partial charge in [-0.2, -0.15) is 5.26 Å². The van der Waals surface area contributed by atoms with Gasteiger partial charge in [-0.3, -0.25) is 0 Å². The lowest BCUT2D eigenvalue weighted by Gasteiger charge is -2.36. The van der Waals surface area contributed by atoms with Crippen LogP contribution in [0.15, 0.2) is 24.3 Å². The number of nitrogens with zero attached hydrogens (tertiary/aromatic N) is 2. The number of nitriles is 1. The van der Waals surface area contributed by atoms with E-state index in [1.165, 1.54) is 31.4 Å². The van der Waals surface area contributed by atoms with E-state index in [0.29, 0.717) is 12.0 Å². The fraction of sp³-hybridized carbons (Fsp3) is 0.562. The number of hydrogen-bond acceptors (Lipinski definition) is 2. The van der Waals surface area contributed by atoms with E-state index in [1.54, 1.807) is 0 Å². The molecule has 0 N–H and O–H groups in total. The van der Waals surface area contributed by atoms with Crippen molar-refractivity contribution in [2.75, 3.05) is 13.1 Å². The van der Waals surface area contributed by atoms with Crippen LogP contribution >= 0.6 is 0 Å². The number of piperidine rings is 1. The van der Waals surface area contributed by atoms with Crippen molar-refractivity contribution in [2.24, 2.45) is 0 Å². The van der Waals surface area contributed by atoms with Crippen LogP contribution in [-0.2, 0) is 0 Å². The minimum atomic E-state index is 0.598. The van der Waals surface area contributed by atoms with E-state index in [-0.39, 0.29) is 0 Å². The molecule has 2 atom stereocenters. The summed E-state index contributed by atoms with van der Waals surface area (Å²) in [6.45, 7) is 6.94. The van der Waals surface area contributed by atoms with Gasteiger partial charge in [-0.05, 0) is 56.3 Å². The van der Waals surface area contributed by atoms with E-state index in [2.05, 4.69) is 36.9 Å². The first kappa shape index (κ1) is 13.1. The molecular weight excluding hydrogens is 220 g/mol. The quantitative estimate of drug-likeness (QED) is 0.810. The number of hydrogen-bond donors (Lipinski definition) is 0. The number of benzene rings is 1. The Kier molecular flexibility index (Phi) is 4.38. The Hall–Kier alpha value is -1.33. The van der Waals surface area contributed by atoms with Crippen LogP contribution in [0, 0.1) is 11.3 Å². The summed E-state index contributed by atoms with van der Waals surface area (Å²) in [6, 6.07) is 11.0. The molecule has 96 valence electrons.